The monoisotopic (exact) mass is 336 g/mol. The first-order chi connectivity index (χ1) is 11.7. The second kappa shape index (κ2) is 7.52. The number of piperazine rings is 1. The van der Waals surface area contributed by atoms with Gasteiger partial charge in [-0.15, -0.1) is 0 Å². The molecule has 2 N–H and O–H groups in total. The van der Waals surface area contributed by atoms with Crippen LogP contribution in [0.4, 0.5) is 22.1 Å². The topological polar surface area (TPSA) is 97.0 Å². The lowest BCUT2D eigenvalue weighted by Crippen LogP contribution is -2.49. The zero-order valence-electron chi connectivity index (χ0n) is 14.0. The van der Waals surface area contributed by atoms with E-state index in [2.05, 4.69) is 19.8 Å². The van der Waals surface area contributed by atoms with Crippen LogP contribution in [0.2, 0.25) is 0 Å². The smallest absolute Gasteiger partial charge is 0.409 e. The third-order valence-corrected chi connectivity index (χ3v) is 4.26. The number of morpholine rings is 1. The molecule has 0 unspecified atom stereocenters. The number of ether oxygens (including phenoxy) is 2. The molecule has 0 radical (unpaired) electrons. The third kappa shape index (κ3) is 3.45. The molecule has 1 aromatic heterocycles. The number of nitrogen functional groups attached to an aromatic ring is 1. The van der Waals surface area contributed by atoms with Gasteiger partial charge in [0.2, 0.25) is 0 Å². The van der Waals surface area contributed by atoms with Gasteiger partial charge in [0.15, 0.2) is 11.6 Å². The fourth-order valence-electron chi connectivity index (χ4n) is 2.97. The summed E-state index contributed by atoms with van der Waals surface area (Å²) in [7, 11) is 0. The molecule has 132 valence electrons. The molecule has 0 saturated carbocycles. The Morgan fingerprint density at radius 1 is 1.12 bits per heavy atom. The molecule has 0 aliphatic carbocycles. The van der Waals surface area contributed by atoms with Gasteiger partial charge in [-0.2, -0.15) is 0 Å². The number of hydrogen-bond acceptors (Lipinski definition) is 8. The van der Waals surface area contributed by atoms with Crippen LogP contribution >= 0.6 is 0 Å². The Hall–Kier alpha value is -2.29. The van der Waals surface area contributed by atoms with E-state index in [0.29, 0.717) is 51.7 Å². The van der Waals surface area contributed by atoms with Crippen molar-refractivity contribution in [2.45, 2.75) is 6.92 Å². The molecule has 3 heterocycles. The van der Waals surface area contributed by atoms with Gasteiger partial charge in [0.25, 0.3) is 0 Å². The zero-order valence-corrected chi connectivity index (χ0v) is 14.0. The van der Waals surface area contributed by atoms with Crippen LogP contribution in [-0.4, -0.2) is 80.1 Å². The van der Waals surface area contributed by atoms with Crippen LogP contribution in [0.3, 0.4) is 0 Å². The molecule has 9 nitrogen and oxygen atoms in total. The number of hydrogen-bond donors (Lipinski definition) is 1. The highest BCUT2D eigenvalue weighted by Crippen LogP contribution is 2.29. The van der Waals surface area contributed by atoms with Crippen molar-refractivity contribution in [3.05, 3.63) is 6.33 Å². The minimum absolute atomic E-state index is 0.262. The normalized spacial score (nSPS) is 18.6. The highest BCUT2D eigenvalue weighted by molar-refractivity contribution is 5.76. The minimum Gasteiger partial charge on any atom is -0.450 e. The molecule has 1 aromatic rings. The van der Waals surface area contributed by atoms with Crippen molar-refractivity contribution in [1.82, 2.24) is 14.9 Å². The Morgan fingerprint density at radius 2 is 1.71 bits per heavy atom. The number of nitrogens with two attached hydrogens (primary N) is 1. The van der Waals surface area contributed by atoms with Crippen LogP contribution in [0, 0.1) is 0 Å². The van der Waals surface area contributed by atoms with Gasteiger partial charge in [0.1, 0.15) is 12.0 Å². The van der Waals surface area contributed by atoms with Gasteiger partial charge in [-0.25, -0.2) is 14.8 Å². The summed E-state index contributed by atoms with van der Waals surface area (Å²) in [5.41, 5.74) is 6.92. The summed E-state index contributed by atoms with van der Waals surface area (Å²) in [6, 6.07) is 0. The number of carbonyl (C=O) groups excluding carboxylic acids is 1. The molecule has 0 aromatic carbocycles. The number of anilines is 3. The average Bonchev–Trinajstić information content (AvgIpc) is 2.63. The first-order valence-electron chi connectivity index (χ1n) is 8.30. The van der Waals surface area contributed by atoms with E-state index in [4.69, 9.17) is 15.2 Å². The maximum absolute atomic E-state index is 11.8. The summed E-state index contributed by atoms with van der Waals surface area (Å²) < 4.78 is 10.4. The van der Waals surface area contributed by atoms with Gasteiger partial charge in [-0.05, 0) is 6.92 Å². The largest absolute Gasteiger partial charge is 0.450 e. The zero-order chi connectivity index (χ0) is 16.9. The summed E-state index contributed by atoms with van der Waals surface area (Å²) in [6.07, 6.45) is 1.29. The van der Waals surface area contributed by atoms with E-state index >= 15 is 0 Å². The molecule has 0 atom stereocenters. The summed E-state index contributed by atoms with van der Waals surface area (Å²) in [5.74, 6) is 1.49. The molecule has 1 amide bonds. The van der Waals surface area contributed by atoms with E-state index in [1.807, 2.05) is 6.92 Å². The van der Waals surface area contributed by atoms with Gasteiger partial charge in [0.05, 0.1) is 19.8 Å². The molecule has 2 saturated heterocycles. The van der Waals surface area contributed by atoms with Crippen molar-refractivity contribution in [3.8, 4) is 0 Å². The number of carbonyl (C=O) groups is 1. The predicted molar refractivity (Wildman–Crippen MR) is 90.3 cm³/mol. The molecule has 24 heavy (non-hydrogen) atoms. The molecule has 2 fully saturated rings. The van der Waals surface area contributed by atoms with Crippen LogP contribution in [0.25, 0.3) is 0 Å². The molecule has 2 aliphatic heterocycles. The van der Waals surface area contributed by atoms with Crippen molar-refractivity contribution in [3.63, 3.8) is 0 Å². The minimum atomic E-state index is -0.262. The lowest BCUT2D eigenvalue weighted by atomic mass is 10.3. The van der Waals surface area contributed by atoms with Crippen molar-refractivity contribution < 1.29 is 14.3 Å². The molecule has 3 rings (SSSR count). The van der Waals surface area contributed by atoms with Crippen LogP contribution in [0.15, 0.2) is 6.33 Å². The maximum Gasteiger partial charge on any atom is 0.409 e. The molecular weight excluding hydrogens is 312 g/mol. The van der Waals surface area contributed by atoms with Gasteiger partial charge < -0.3 is 29.9 Å². The van der Waals surface area contributed by atoms with Crippen LogP contribution in [-0.2, 0) is 9.47 Å². The van der Waals surface area contributed by atoms with Crippen molar-refractivity contribution in [2.75, 3.05) is 74.6 Å². The molecule has 9 heteroatoms. The fourth-order valence-corrected chi connectivity index (χ4v) is 2.97. The SMILES string of the molecule is CCOC(=O)N1CCN(c2ncnc(N3CCOCC3)c2N)CC1. The number of aromatic nitrogens is 2. The number of nitrogens with zero attached hydrogens (tertiary/aromatic N) is 5. The number of amides is 1. The first-order valence-corrected chi connectivity index (χ1v) is 8.30. The van der Waals surface area contributed by atoms with Gasteiger partial charge in [-0.3, -0.25) is 0 Å². The van der Waals surface area contributed by atoms with Crippen molar-refractivity contribution in [1.29, 1.82) is 0 Å². The van der Waals surface area contributed by atoms with Gasteiger partial charge in [-0.1, -0.05) is 0 Å². The second-order valence-electron chi connectivity index (χ2n) is 5.71. The average molecular weight is 336 g/mol. The lowest BCUT2D eigenvalue weighted by Gasteiger charge is -2.36. The highest BCUT2D eigenvalue weighted by atomic mass is 16.6. The number of rotatable bonds is 3. The summed E-state index contributed by atoms with van der Waals surface area (Å²) >= 11 is 0. The van der Waals surface area contributed by atoms with Crippen LogP contribution in [0.5, 0.6) is 0 Å². The fraction of sp³-hybridized carbons (Fsp3) is 0.667. The van der Waals surface area contributed by atoms with Crippen molar-refractivity contribution in [2.24, 2.45) is 0 Å². The Bertz CT molecular complexity index is 570. The Kier molecular flexibility index (Phi) is 5.19. The molecular formula is C15H24N6O3. The Morgan fingerprint density at radius 3 is 2.29 bits per heavy atom. The van der Waals surface area contributed by atoms with E-state index < -0.39 is 0 Å². The maximum atomic E-state index is 11.8. The summed E-state index contributed by atoms with van der Waals surface area (Å²) in [5, 5.41) is 0. The lowest BCUT2D eigenvalue weighted by molar-refractivity contribution is 0.105. The second-order valence-corrected chi connectivity index (χ2v) is 5.71. The molecule has 2 aliphatic rings. The van der Waals surface area contributed by atoms with E-state index in [1.54, 1.807) is 11.2 Å². The standard InChI is InChI=1S/C15H24N6O3/c1-2-24-15(22)21-5-3-19(4-6-21)13-12(16)14(18-11-17-13)20-7-9-23-10-8-20/h11H,2-10,16H2,1H3. The molecule has 0 spiro atoms. The third-order valence-electron chi connectivity index (χ3n) is 4.26. The van der Waals surface area contributed by atoms with Crippen LogP contribution < -0.4 is 15.5 Å². The van der Waals surface area contributed by atoms with Crippen molar-refractivity contribution >= 4 is 23.4 Å². The van der Waals surface area contributed by atoms with E-state index in [9.17, 15) is 4.79 Å². The Labute approximate surface area is 141 Å². The Balaban J connectivity index is 1.68. The van der Waals surface area contributed by atoms with Crippen LogP contribution in [0.1, 0.15) is 6.92 Å². The van der Waals surface area contributed by atoms with E-state index in [0.717, 1.165) is 24.7 Å². The van der Waals surface area contributed by atoms with Gasteiger partial charge in [0, 0.05) is 39.3 Å². The van der Waals surface area contributed by atoms with E-state index in [1.165, 1.54) is 0 Å². The van der Waals surface area contributed by atoms with Gasteiger partial charge >= 0.3 is 6.09 Å². The summed E-state index contributed by atoms with van der Waals surface area (Å²) in [4.78, 5) is 26.4. The first kappa shape index (κ1) is 16.6. The quantitative estimate of drug-likeness (QED) is 0.834. The summed E-state index contributed by atoms with van der Waals surface area (Å²) in [6.45, 7) is 7.63. The highest BCUT2D eigenvalue weighted by Gasteiger charge is 2.26. The predicted octanol–water partition coefficient (Wildman–Crippen LogP) is 0.174. The van der Waals surface area contributed by atoms with E-state index in [-0.39, 0.29) is 6.09 Å². The molecule has 0 bridgehead atoms.